The van der Waals surface area contributed by atoms with E-state index < -0.39 is 21.6 Å². The van der Waals surface area contributed by atoms with Crippen LogP contribution < -0.4 is 4.90 Å². The third-order valence-corrected chi connectivity index (χ3v) is 6.57. The summed E-state index contributed by atoms with van der Waals surface area (Å²) >= 11 is 0. The predicted octanol–water partition coefficient (Wildman–Crippen LogP) is 2.32. The zero-order valence-electron chi connectivity index (χ0n) is 15.2. The zero-order chi connectivity index (χ0) is 20.6. The quantitative estimate of drug-likeness (QED) is 0.702. The van der Waals surface area contributed by atoms with E-state index >= 15 is 0 Å². The first-order valence-corrected chi connectivity index (χ1v) is 10.3. The van der Waals surface area contributed by atoms with Crippen LogP contribution in [-0.2, 0) is 19.4 Å². The highest BCUT2D eigenvalue weighted by Crippen LogP contribution is 2.40. The van der Waals surface area contributed by atoms with E-state index in [1.165, 1.54) is 16.0 Å². The van der Waals surface area contributed by atoms with Gasteiger partial charge in [0.2, 0.25) is 9.84 Å². The van der Waals surface area contributed by atoms with Crippen LogP contribution >= 0.6 is 0 Å². The molecule has 0 aromatic heterocycles. The van der Waals surface area contributed by atoms with Crippen molar-refractivity contribution in [2.75, 3.05) is 31.2 Å². The Hall–Kier alpha value is -3.22. The number of anilines is 2. The SMILES string of the molecule is N#Cc1ccc(N2C=C(C(=O)N3CCOCC3)S(=O)(=O)c3ccc(F)cc32)cc1. The Morgan fingerprint density at radius 3 is 2.45 bits per heavy atom. The molecule has 0 N–H and O–H groups in total. The fraction of sp³-hybridized carbons (Fsp3) is 0.200. The van der Waals surface area contributed by atoms with E-state index in [0.717, 1.165) is 18.2 Å². The van der Waals surface area contributed by atoms with Gasteiger partial charge in [-0.2, -0.15) is 5.26 Å². The number of ether oxygens (including phenoxy) is 1. The first-order chi connectivity index (χ1) is 13.9. The molecule has 0 radical (unpaired) electrons. The van der Waals surface area contributed by atoms with Gasteiger partial charge >= 0.3 is 0 Å². The fourth-order valence-corrected chi connectivity index (χ4v) is 4.80. The van der Waals surface area contributed by atoms with E-state index in [1.54, 1.807) is 24.3 Å². The topological polar surface area (TPSA) is 90.7 Å². The molecule has 2 aromatic carbocycles. The summed E-state index contributed by atoms with van der Waals surface area (Å²) < 4.78 is 45.4. The maximum atomic E-state index is 13.9. The van der Waals surface area contributed by atoms with Gasteiger partial charge in [-0.3, -0.25) is 4.79 Å². The third kappa shape index (κ3) is 3.37. The smallest absolute Gasteiger partial charge is 0.267 e. The van der Waals surface area contributed by atoms with Crippen molar-refractivity contribution in [2.24, 2.45) is 0 Å². The summed E-state index contributed by atoms with van der Waals surface area (Å²) in [6, 6.07) is 11.7. The number of amides is 1. The van der Waals surface area contributed by atoms with E-state index in [9.17, 15) is 17.6 Å². The second-order valence-corrected chi connectivity index (χ2v) is 8.43. The molecule has 2 aromatic rings. The molecule has 1 saturated heterocycles. The van der Waals surface area contributed by atoms with Gasteiger partial charge in [-0.15, -0.1) is 0 Å². The van der Waals surface area contributed by atoms with Crippen molar-refractivity contribution in [1.29, 1.82) is 5.26 Å². The standard InChI is InChI=1S/C20H16FN3O4S/c21-15-3-6-18-17(11-15)24(16-4-1-14(12-22)2-5-16)13-19(29(18,26)27)20(25)23-7-9-28-10-8-23/h1-6,11,13H,7-10H2. The van der Waals surface area contributed by atoms with Crippen LogP contribution in [0.15, 0.2) is 58.5 Å². The van der Waals surface area contributed by atoms with Gasteiger partial charge < -0.3 is 14.5 Å². The Morgan fingerprint density at radius 2 is 1.79 bits per heavy atom. The normalized spacial score (nSPS) is 17.9. The van der Waals surface area contributed by atoms with Crippen LogP contribution in [0.2, 0.25) is 0 Å². The highest BCUT2D eigenvalue weighted by Gasteiger charge is 2.38. The highest BCUT2D eigenvalue weighted by atomic mass is 32.2. The van der Waals surface area contributed by atoms with Gasteiger partial charge in [0, 0.05) is 25.0 Å². The van der Waals surface area contributed by atoms with E-state index in [4.69, 9.17) is 10.00 Å². The molecule has 4 rings (SSSR count). The van der Waals surface area contributed by atoms with Crippen LogP contribution in [-0.4, -0.2) is 45.5 Å². The summed E-state index contributed by atoms with van der Waals surface area (Å²) in [4.78, 5) is 15.3. The number of hydrogen-bond acceptors (Lipinski definition) is 6. The van der Waals surface area contributed by atoms with Crippen LogP contribution in [0.1, 0.15) is 5.56 Å². The van der Waals surface area contributed by atoms with Crippen LogP contribution in [0.5, 0.6) is 0 Å². The van der Waals surface area contributed by atoms with Gasteiger partial charge in [-0.25, -0.2) is 12.8 Å². The molecule has 0 spiro atoms. The van der Waals surface area contributed by atoms with Crippen molar-refractivity contribution in [1.82, 2.24) is 4.90 Å². The summed E-state index contributed by atoms with van der Waals surface area (Å²) in [5.74, 6) is -1.23. The lowest BCUT2D eigenvalue weighted by atomic mass is 10.2. The molecule has 0 atom stereocenters. The Labute approximate surface area is 167 Å². The number of benzene rings is 2. The number of fused-ring (bicyclic) bond motifs is 1. The largest absolute Gasteiger partial charge is 0.378 e. The van der Waals surface area contributed by atoms with E-state index in [-0.39, 0.29) is 15.5 Å². The number of nitrogens with zero attached hydrogens (tertiary/aromatic N) is 3. The first-order valence-electron chi connectivity index (χ1n) is 8.85. The number of halogens is 1. The molecule has 0 saturated carbocycles. The van der Waals surface area contributed by atoms with Gasteiger partial charge in [-0.05, 0) is 42.5 Å². The lowest BCUT2D eigenvalue weighted by Crippen LogP contribution is -2.43. The summed E-state index contributed by atoms with van der Waals surface area (Å²) in [6.07, 6.45) is 1.22. The van der Waals surface area contributed by atoms with Crippen molar-refractivity contribution >= 4 is 27.1 Å². The van der Waals surface area contributed by atoms with Crippen molar-refractivity contribution in [3.8, 4) is 6.07 Å². The van der Waals surface area contributed by atoms with E-state index in [0.29, 0.717) is 37.6 Å². The van der Waals surface area contributed by atoms with Gasteiger partial charge in [0.15, 0.2) is 4.91 Å². The molecule has 0 bridgehead atoms. The minimum absolute atomic E-state index is 0.105. The number of carbonyl (C=O) groups excluding carboxylic acids is 1. The number of morpholine rings is 1. The molecule has 29 heavy (non-hydrogen) atoms. The molecule has 2 aliphatic heterocycles. The van der Waals surface area contributed by atoms with Gasteiger partial charge in [0.1, 0.15) is 5.82 Å². The van der Waals surface area contributed by atoms with Crippen molar-refractivity contribution in [3.63, 3.8) is 0 Å². The number of rotatable bonds is 2. The first kappa shape index (κ1) is 19.1. The second kappa shape index (κ2) is 7.31. The molecular formula is C20H16FN3O4S. The average Bonchev–Trinajstić information content (AvgIpc) is 2.74. The summed E-state index contributed by atoms with van der Waals surface area (Å²) in [5, 5.41) is 9.00. The predicted molar refractivity (Wildman–Crippen MR) is 102 cm³/mol. The molecule has 1 amide bonds. The van der Waals surface area contributed by atoms with Crippen molar-refractivity contribution in [2.45, 2.75) is 4.90 Å². The Bertz CT molecular complexity index is 1150. The molecule has 1 fully saturated rings. The average molecular weight is 413 g/mol. The molecule has 148 valence electrons. The summed E-state index contributed by atoms with van der Waals surface area (Å²) in [7, 11) is -4.13. The number of nitriles is 1. The monoisotopic (exact) mass is 413 g/mol. The maximum Gasteiger partial charge on any atom is 0.267 e. The van der Waals surface area contributed by atoms with Crippen LogP contribution in [0.25, 0.3) is 0 Å². The van der Waals surface area contributed by atoms with Gasteiger partial charge in [-0.1, -0.05) is 0 Å². The molecule has 7 nitrogen and oxygen atoms in total. The Morgan fingerprint density at radius 1 is 1.10 bits per heavy atom. The summed E-state index contributed by atoms with van der Waals surface area (Å²) in [6.45, 7) is 1.25. The van der Waals surface area contributed by atoms with Crippen LogP contribution in [0.3, 0.4) is 0 Å². The number of sulfone groups is 1. The molecule has 0 unspecified atom stereocenters. The molecule has 2 aliphatic rings. The van der Waals surface area contributed by atoms with Gasteiger partial charge in [0.25, 0.3) is 5.91 Å². The minimum atomic E-state index is -4.13. The van der Waals surface area contributed by atoms with E-state index in [2.05, 4.69) is 0 Å². The molecular weight excluding hydrogens is 397 g/mol. The Balaban J connectivity index is 1.86. The highest BCUT2D eigenvalue weighted by molar-refractivity contribution is 7.96. The van der Waals surface area contributed by atoms with Crippen molar-refractivity contribution in [3.05, 3.63) is 65.0 Å². The molecule has 9 heteroatoms. The lowest BCUT2D eigenvalue weighted by molar-refractivity contribution is -0.130. The van der Waals surface area contributed by atoms with Gasteiger partial charge in [0.05, 0.1) is 35.4 Å². The van der Waals surface area contributed by atoms with Crippen LogP contribution in [0, 0.1) is 17.1 Å². The van der Waals surface area contributed by atoms with E-state index in [1.807, 2.05) is 6.07 Å². The molecule has 0 aliphatic carbocycles. The Kier molecular flexibility index (Phi) is 4.82. The number of hydrogen-bond donors (Lipinski definition) is 0. The molecule has 2 heterocycles. The lowest BCUT2D eigenvalue weighted by Gasteiger charge is -2.32. The summed E-state index contributed by atoms with van der Waals surface area (Å²) in [5.41, 5.74) is 1.03. The maximum absolute atomic E-state index is 13.9. The zero-order valence-corrected chi connectivity index (χ0v) is 16.0. The van der Waals surface area contributed by atoms with Crippen LogP contribution in [0.4, 0.5) is 15.8 Å². The minimum Gasteiger partial charge on any atom is -0.378 e. The number of carbonyl (C=O) groups is 1. The second-order valence-electron chi connectivity index (χ2n) is 6.54. The third-order valence-electron chi connectivity index (χ3n) is 4.79. The fourth-order valence-electron chi connectivity index (χ4n) is 3.28. The van der Waals surface area contributed by atoms with Crippen molar-refractivity contribution < 1.29 is 22.3 Å².